The Morgan fingerprint density at radius 3 is 2.50 bits per heavy atom. The van der Waals surface area contributed by atoms with E-state index in [9.17, 15) is 4.79 Å². The molecule has 156 valence electrons. The molecule has 3 aromatic rings. The lowest BCUT2D eigenvalue weighted by molar-refractivity contribution is -0.142. The molecule has 2 fully saturated rings. The maximum Gasteiger partial charge on any atom is 0.250 e. The van der Waals surface area contributed by atoms with Crippen molar-refractivity contribution < 1.29 is 18.4 Å². The Hall–Kier alpha value is -2.93. The van der Waals surface area contributed by atoms with Gasteiger partial charge in [0.05, 0.1) is 17.2 Å². The van der Waals surface area contributed by atoms with Crippen molar-refractivity contribution >= 4 is 5.91 Å². The highest BCUT2D eigenvalue weighted by Gasteiger charge is 2.44. The smallest absolute Gasteiger partial charge is 0.250 e. The molecule has 2 aliphatic rings. The van der Waals surface area contributed by atoms with Crippen LogP contribution in [0.15, 0.2) is 57.8 Å². The number of ether oxygens (including phenoxy) is 1. The summed E-state index contributed by atoms with van der Waals surface area (Å²) in [6, 6.07) is 12.0. The molecule has 2 aromatic heterocycles. The van der Waals surface area contributed by atoms with Crippen LogP contribution in [0.3, 0.4) is 0 Å². The molecule has 0 saturated carbocycles. The summed E-state index contributed by atoms with van der Waals surface area (Å²) < 4.78 is 16.5. The summed E-state index contributed by atoms with van der Waals surface area (Å²) in [5.41, 5.74) is 1.40. The molecule has 0 spiro atoms. The highest BCUT2D eigenvalue weighted by molar-refractivity contribution is 5.88. The highest BCUT2D eigenvalue weighted by atomic mass is 16.5. The molecule has 7 nitrogen and oxygen atoms in total. The zero-order valence-corrected chi connectivity index (χ0v) is 16.8. The van der Waals surface area contributed by atoms with Crippen LogP contribution in [0.1, 0.15) is 43.1 Å². The van der Waals surface area contributed by atoms with Crippen molar-refractivity contribution in [2.24, 2.45) is 0 Å². The fraction of sp³-hybridized carbons (Fsp3) is 0.435. The molecule has 0 unspecified atom stereocenters. The van der Waals surface area contributed by atoms with E-state index in [1.807, 2.05) is 23.1 Å². The maximum atomic E-state index is 13.7. The summed E-state index contributed by atoms with van der Waals surface area (Å²) >= 11 is 0. The number of likely N-dealkylation sites (tertiary alicyclic amines) is 1. The molecule has 2 aliphatic heterocycles. The second kappa shape index (κ2) is 8.07. The summed E-state index contributed by atoms with van der Waals surface area (Å²) in [6.45, 7) is 2.64. The highest BCUT2D eigenvalue weighted by Crippen LogP contribution is 2.38. The average molecular weight is 407 g/mol. The molecule has 30 heavy (non-hydrogen) atoms. The largest absolute Gasteiger partial charge is 0.472 e. The van der Waals surface area contributed by atoms with Crippen molar-refractivity contribution in [2.75, 3.05) is 26.3 Å². The molecule has 1 amide bonds. The van der Waals surface area contributed by atoms with E-state index in [2.05, 4.69) is 22.3 Å². The zero-order chi connectivity index (χ0) is 20.4. The van der Waals surface area contributed by atoms with Gasteiger partial charge < -0.3 is 18.5 Å². The summed E-state index contributed by atoms with van der Waals surface area (Å²) in [5, 5.41) is 8.38. The first-order valence-corrected chi connectivity index (χ1v) is 10.5. The number of carbonyl (C=O) groups is 1. The summed E-state index contributed by atoms with van der Waals surface area (Å²) in [5.74, 6) is 1.51. The third-order valence-electron chi connectivity index (χ3n) is 6.42. The Bertz CT molecular complexity index is 969. The Labute approximate surface area is 175 Å². The second-order valence-electron chi connectivity index (χ2n) is 8.08. The van der Waals surface area contributed by atoms with Crippen molar-refractivity contribution in [2.45, 2.75) is 37.0 Å². The number of carbonyl (C=O) groups excluding carboxylic acids is 1. The summed E-state index contributed by atoms with van der Waals surface area (Å²) in [6.07, 6.45) is 6.28. The molecule has 7 heteroatoms. The topological polar surface area (TPSA) is 81.6 Å². The number of hydrogen-bond donors (Lipinski definition) is 0. The number of aromatic nitrogens is 2. The van der Waals surface area contributed by atoms with Crippen LogP contribution in [-0.2, 0) is 14.9 Å². The first kappa shape index (κ1) is 19.1. The van der Waals surface area contributed by atoms with E-state index in [1.54, 1.807) is 18.6 Å². The minimum Gasteiger partial charge on any atom is -0.472 e. The Kier molecular flexibility index (Phi) is 5.12. The summed E-state index contributed by atoms with van der Waals surface area (Å²) in [4.78, 5) is 15.7. The van der Waals surface area contributed by atoms with Gasteiger partial charge in [0.25, 0.3) is 5.89 Å². The van der Waals surface area contributed by atoms with Crippen molar-refractivity contribution in [1.82, 2.24) is 15.1 Å². The van der Waals surface area contributed by atoms with Crippen LogP contribution in [0.25, 0.3) is 11.5 Å². The Morgan fingerprint density at radius 1 is 1.03 bits per heavy atom. The number of nitrogens with zero attached hydrogens (tertiary/aromatic N) is 3. The SMILES string of the molecule is O=C(N1CCC(c2nnc(-c3ccoc3)o2)CC1)C1(c2ccccc2)CCOCC1. The van der Waals surface area contributed by atoms with Gasteiger partial charge in [-0.05, 0) is 37.3 Å². The van der Waals surface area contributed by atoms with Crippen LogP contribution in [0.2, 0.25) is 0 Å². The van der Waals surface area contributed by atoms with Crippen LogP contribution < -0.4 is 0 Å². The molecule has 0 aliphatic carbocycles. The third-order valence-corrected chi connectivity index (χ3v) is 6.42. The van der Waals surface area contributed by atoms with Gasteiger partial charge in [0, 0.05) is 32.2 Å². The van der Waals surface area contributed by atoms with Crippen molar-refractivity contribution in [3.05, 3.63) is 60.4 Å². The number of amides is 1. The molecule has 2 saturated heterocycles. The van der Waals surface area contributed by atoms with Gasteiger partial charge in [0.1, 0.15) is 6.26 Å². The van der Waals surface area contributed by atoms with E-state index in [0.29, 0.717) is 38.1 Å². The second-order valence-corrected chi connectivity index (χ2v) is 8.08. The van der Waals surface area contributed by atoms with Crippen LogP contribution in [0.5, 0.6) is 0 Å². The normalized spacial score (nSPS) is 19.7. The van der Waals surface area contributed by atoms with Gasteiger partial charge in [0.2, 0.25) is 11.8 Å². The van der Waals surface area contributed by atoms with E-state index in [4.69, 9.17) is 13.6 Å². The molecule has 0 bridgehead atoms. The predicted molar refractivity (Wildman–Crippen MR) is 109 cm³/mol. The molecular weight excluding hydrogens is 382 g/mol. The van der Waals surface area contributed by atoms with E-state index in [-0.39, 0.29) is 11.8 Å². The molecule has 4 heterocycles. The molecular formula is C23H25N3O4. The predicted octanol–water partition coefficient (Wildman–Crippen LogP) is 3.78. The van der Waals surface area contributed by atoms with E-state index >= 15 is 0 Å². The Balaban J connectivity index is 1.29. The number of benzene rings is 1. The molecule has 0 radical (unpaired) electrons. The number of hydrogen-bond acceptors (Lipinski definition) is 6. The van der Waals surface area contributed by atoms with Gasteiger partial charge >= 0.3 is 0 Å². The molecule has 5 rings (SSSR count). The van der Waals surface area contributed by atoms with E-state index in [0.717, 1.165) is 36.8 Å². The van der Waals surface area contributed by atoms with Crippen LogP contribution >= 0.6 is 0 Å². The standard InChI is InChI=1S/C23H25N3O4/c27-22(23(9-14-28-15-10-23)19-4-2-1-3-5-19)26-11-6-17(7-12-26)20-24-25-21(30-20)18-8-13-29-16-18/h1-5,8,13,16-17H,6-7,9-12,14-15H2. The summed E-state index contributed by atoms with van der Waals surface area (Å²) in [7, 11) is 0. The lowest BCUT2D eigenvalue weighted by Crippen LogP contribution is -2.51. The lowest BCUT2D eigenvalue weighted by atomic mass is 9.72. The minimum atomic E-state index is -0.481. The minimum absolute atomic E-state index is 0.171. The first-order valence-electron chi connectivity index (χ1n) is 10.5. The van der Waals surface area contributed by atoms with Crippen molar-refractivity contribution in [3.63, 3.8) is 0 Å². The maximum absolute atomic E-state index is 13.7. The van der Waals surface area contributed by atoms with Gasteiger partial charge in [-0.1, -0.05) is 30.3 Å². The van der Waals surface area contributed by atoms with E-state index in [1.165, 1.54) is 0 Å². The van der Waals surface area contributed by atoms with E-state index < -0.39 is 5.41 Å². The average Bonchev–Trinajstić information content (AvgIpc) is 3.52. The fourth-order valence-corrected chi connectivity index (χ4v) is 4.64. The number of furan rings is 1. The van der Waals surface area contributed by atoms with Gasteiger partial charge in [-0.3, -0.25) is 4.79 Å². The monoisotopic (exact) mass is 407 g/mol. The molecule has 1 aromatic carbocycles. The van der Waals surface area contributed by atoms with Crippen molar-refractivity contribution in [1.29, 1.82) is 0 Å². The lowest BCUT2D eigenvalue weighted by Gasteiger charge is -2.42. The number of piperidine rings is 1. The molecule has 0 atom stereocenters. The van der Waals surface area contributed by atoms with Gasteiger partial charge in [-0.25, -0.2) is 0 Å². The van der Waals surface area contributed by atoms with Crippen LogP contribution in [0, 0.1) is 0 Å². The van der Waals surface area contributed by atoms with Crippen molar-refractivity contribution in [3.8, 4) is 11.5 Å². The van der Waals surface area contributed by atoms with Gasteiger partial charge in [-0.15, -0.1) is 10.2 Å². The third kappa shape index (κ3) is 3.43. The van der Waals surface area contributed by atoms with Crippen LogP contribution in [-0.4, -0.2) is 47.3 Å². The van der Waals surface area contributed by atoms with Crippen LogP contribution in [0.4, 0.5) is 0 Å². The molecule has 0 N–H and O–H groups in total. The number of rotatable bonds is 4. The first-order chi connectivity index (χ1) is 14.8. The van der Waals surface area contributed by atoms with Gasteiger partial charge in [0.15, 0.2) is 0 Å². The fourth-order valence-electron chi connectivity index (χ4n) is 4.64. The zero-order valence-electron chi connectivity index (χ0n) is 16.8. The quantitative estimate of drug-likeness (QED) is 0.655. The van der Waals surface area contributed by atoms with Gasteiger partial charge in [-0.2, -0.15) is 0 Å². The Morgan fingerprint density at radius 2 is 1.80 bits per heavy atom.